The van der Waals surface area contributed by atoms with E-state index >= 15 is 0 Å². The van der Waals surface area contributed by atoms with Gasteiger partial charge in [0.25, 0.3) is 0 Å². The van der Waals surface area contributed by atoms with Crippen LogP contribution in [0, 0.1) is 6.92 Å². The van der Waals surface area contributed by atoms with E-state index in [9.17, 15) is 0 Å². The van der Waals surface area contributed by atoms with Crippen LogP contribution in [0.4, 0.5) is 5.69 Å². The molecule has 2 rings (SSSR count). The van der Waals surface area contributed by atoms with E-state index in [4.69, 9.17) is 15.0 Å². The molecule has 1 aromatic heterocycles. The highest BCUT2D eigenvalue weighted by molar-refractivity contribution is 9.10. The molecule has 0 aliphatic rings. The van der Waals surface area contributed by atoms with Crippen molar-refractivity contribution in [1.29, 1.82) is 0 Å². The first-order valence-electron chi connectivity index (χ1n) is 4.69. The predicted molar refractivity (Wildman–Crippen MR) is 65.3 cm³/mol. The molecule has 0 saturated carbocycles. The highest BCUT2D eigenvalue weighted by atomic mass is 79.9. The number of hydrogen-bond donors (Lipinski definition) is 1. The van der Waals surface area contributed by atoms with Crippen molar-refractivity contribution in [2.75, 3.05) is 12.8 Å². The van der Waals surface area contributed by atoms with E-state index in [-0.39, 0.29) is 0 Å². The summed E-state index contributed by atoms with van der Waals surface area (Å²) in [7, 11) is 1.59. The van der Waals surface area contributed by atoms with Crippen LogP contribution in [0.1, 0.15) is 5.76 Å². The minimum Gasteiger partial charge on any atom is -0.495 e. The average Bonchev–Trinajstić information content (AvgIpc) is 2.67. The van der Waals surface area contributed by atoms with Crippen molar-refractivity contribution in [3.05, 3.63) is 28.4 Å². The van der Waals surface area contributed by atoms with Gasteiger partial charge in [-0.2, -0.15) is 0 Å². The Bertz CT molecular complexity index is 523. The van der Waals surface area contributed by atoms with Crippen LogP contribution in [-0.4, -0.2) is 12.3 Å². The minimum absolute atomic E-state index is 0.605. The molecule has 84 valence electrons. The summed E-state index contributed by atoms with van der Waals surface area (Å²) in [6.07, 6.45) is 0. The first kappa shape index (κ1) is 11.0. The van der Waals surface area contributed by atoms with Gasteiger partial charge < -0.3 is 15.0 Å². The van der Waals surface area contributed by atoms with Crippen LogP contribution in [0.25, 0.3) is 11.3 Å². The van der Waals surface area contributed by atoms with Crippen molar-refractivity contribution < 1.29 is 9.26 Å². The Balaban J connectivity index is 2.67. The van der Waals surface area contributed by atoms with Gasteiger partial charge in [0, 0.05) is 11.8 Å². The highest BCUT2D eigenvalue weighted by Gasteiger charge is 2.16. The number of nitrogens with two attached hydrogens (primary N) is 1. The van der Waals surface area contributed by atoms with Crippen LogP contribution < -0.4 is 10.5 Å². The lowest BCUT2D eigenvalue weighted by molar-refractivity contribution is 0.397. The maximum atomic E-state index is 5.92. The molecule has 5 heteroatoms. The van der Waals surface area contributed by atoms with E-state index in [1.807, 2.05) is 19.1 Å². The number of aryl methyl sites for hydroxylation is 1. The molecular formula is C11H11BrN2O2. The number of anilines is 1. The van der Waals surface area contributed by atoms with Crippen molar-refractivity contribution >= 4 is 21.6 Å². The van der Waals surface area contributed by atoms with Crippen LogP contribution in [0.3, 0.4) is 0 Å². The minimum atomic E-state index is 0.605. The number of hydrogen-bond acceptors (Lipinski definition) is 4. The van der Waals surface area contributed by atoms with Crippen LogP contribution in [0.2, 0.25) is 0 Å². The zero-order valence-electron chi connectivity index (χ0n) is 8.95. The molecule has 0 radical (unpaired) electrons. The van der Waals surface area contributed by atoms with Crippen LogP contribution in [0.5, 0.6) is 5.75 Å². The number of benzene rings is 1. The van der Waals surface area contributed by atoms with Crippen LogP contribution in [0.15, 0.2) is 27.2 Å². The van der Waals surface area contributed by atoms with E-state index < -0.39 is 0 Å². The molecule has 0 saturated heterocycles. The molecule has 0 spiro atoms. The number of halogens is 1. The fraction of sp³-hybridized carbons (Fsp3) is 0.182. The molecule has 4 nitrogen and oxygen atoms in total. The van der Waals surface area contributed by atoms with Crippen LogP contribution in [-0.2, 0) is 0 Å². The Morgan fingerprint density at radius 3 is 2.75 bits per heavy atom. The summed E-state index contributed by atoms with van der Waals surface area (Å²) in [5.74, 6) is 1.39. The normalized spacial score (nSPS) is 10.4. The summed E-state index contributed by atoms with van der Waals surface area (Å²) in [4.78, 5) is 0. The van der Waals surface area contributed by atoms with Gasteiger partial charge in [0.15, 0.2) is 0 Å². The second-order valence-corrected chi connectivity index (χ2v) is 4.22. The van der Waals surface area contributed by atoms with E-state index in [0.717, 1.165) is 15.8 Å². The fourth-order valence-electron chi connectivity index (χ4n) is 1.52. The second kappa shape index (κ2) is 4.17. The van der Waals surface area contributed by atoms with Gasteiger partial charge in [-0.3, -0.25) is 0 Å². The quantitative estimate of drug-likeness (QED) is 0.861. The van der Waals surface area contributed by atoms with Gasteiger partial charge in [0.2, 0.25) is 0 Å². The standard InChI is InChI=1S/C11H11BrN2O2/c1-6-5-9(14-16-6)10-8(13)4-3-7(12)11(10)15-2/h3-5H,13H2,1-2H3. The maximum Gasteiger partial charge on any atom is 0.144 e. The molecule has 16 heavy (non-hydrogen) atoms. The number of aromatic nitrogens is 1. The van der Waals surface area contributed by atoms with Gasteiger partial charge in [0.1, 0.15) is 17.2 Å². The summed E-state index contributed by atoms with van der Waals surface area (Å²) in [6, 6.07) is 5.46. The second-order valence-electron chi connectivity index (χ2n) is 3.37. The number of ether oxygens (including phenoxy) is 1. The molecule has 2 N–H and O–H groups in total. The summed E-state index contributed by atoms with van der Waals surface area (Å²) in [5.41, 5.74) is 7.95. The third-order valence-corrected chi connectivity index (χ3v) is 2.85. The number of methoxy groups -OCH3 is 1. The largest absolute Gasteiger partial charge is 0.495 e. The Morgan fingerprint density at radius 1 is 1.44 bits per heavy atom. The topological polar surface area (TPSA) is 61.3 Å². The molecule has 0 bridgehead atoms. The first-order chi connectivity index (χ1) is 7.63. The zero-order valence-corrected chi connectivity index (χ0v) is 10.5. The molecule has 0 amide bonds. The summed E-state index contributed by atoms with van der Waals surface area (Å²) in [6.45, 7) is 1.83. The molecule has 1 aromatic carbocycles. The van der Waals surface area contributed by atoms with E-state index in [0.29, 0.717) is 17.1 Å². The van der Waals surface area contributed by atoms with Crippen molar-refractivity contribution in [2.24, 2.45) is 0 Å². The van der Waals surface area contributed by atoms with Gasteiger partial charge >= 0.3 is 0 Å². The van der Waals surface area contributed by atoms with Gasteiger partial charge in [-0.15, -0.1) is 0 Å². The zero-order chi connectivity index (χ0) is 11.7. The SMILES string of the molecule is COc1c(Br)ccc(N)c1-c1cc(C)on1. The number of nitrogen functional groups attached to an aromatic ring is 1. The molecule has 0 unspecified atom stereocenters. The Kier molecular flexibility index (Phi) is 2.87. The molecule has 1 heterocycles. The van der Waals surface area contributed by atoms with Crippen molar-refractivity contribution in [3.63, 3.8) is 0 Å². The summed E-state index contributed by atoms with van der Waals surface area (Å²) in [5, 5.41) is 3.94. The van der Waals surface area contributed by atoms with Gasteiger partial charge in [-0.25, -0.2) is 0 Å². The fourth-order valence-corrected chi connectivity index (χ4v) is 2.01. The van der Waals surface area contributed by atoms with Crippen molar-refractivity contribution in [3.8, 4) is 17.0 Å². The summed E-state index contributed by atoms with van der Waals surface area (Å²) >= 11 is 3.41. The Morgan fingerprint density at radius 2 is 2.19 bits per heavy atom. The lowest BCUT2D eigenvalue weighted by atomic mass is 10.1. The van der Waals surface area contributed by atoms with Crippen molar-refractivity contribution in [1.82, 2.24) is 5.16 Å². The Labute approximate surface area is 102 Å². The van der Waals surface area contributed by atoms with E-state index in [1.165, 1.54) is 0 Å². The van der Waals surface area contributed by atoms with Gasteiger partial charge in [0.05, 0.1) is 17.1 Å². The molecule has 0 fully saturated rings. The third kappa shape index (κ3) is 1.78. The summed E-state index contributed by atoms with van der Waals surface area (Å²) < 4.78 is 11.2. The number of nitrogens with zero attached hydrogens (tertiary/aromatic N) is 1. The maximum absolute atomic E-state index is 5.92. The lowest BCUT2D eigenvalue weighted by Crippen LogP contribution is -1.95. The smallest absolute Gasteiger partial charge is 0.144 e. The monoisotopic (exact) mass is 282 g/mol. The van der Waals surface area contributed by atoms with Gasteiger partial charge in [-0.05, 0) is 35.0 Å². The molecule has 0 aliphatic heterocycles. The average molecular weight is 283 g/mol. The molecular weight excluding hydrogens is 272 g/mol. The van der Waals surface area contributed by atoms with Gasteiger partial charge in [-0.1, -0.05) is 5.16 Å². The predicted octanol–water partition coefficient (Wildman–Crippen LogP) is 3.00. The first-order valence-corrected chi connectivity index (χ1v) is 5.48. The van der Waals surface area contributed by atoms with E-state index in [2.05, 4.69) is 21.1 Å². The van der Waals surface area contributed by atoms with Crippen molar-refractivity contribution in [2.45, 2.75) is 6.92 Å². The molecule has 0 atom stereocenters. The Hall–Kier alpha value is -1.49. The molecule has 0 aliphatic carbocycles. The third-order valence-electron chi connectivity index (χ3n) is 2.23. The van der Waals surface area contributed by atoms with E-state index in [1.54, 1.807) is 13.2 Å². The number of rotatable bonds is 2. The lowest BCUT2D eigenvalue weighted by Gasteiger charge is -2.10. The highest BCUT2D eigenvalue weighted by Crippen LogP contribution is 2.39. The molecule has 2 aromatic rings. The van der Waals surface area contributed by atoms with Crippen LogP contribution >= 0.6 is 15.9 Å².